The van der Waals surface area contributed by atoms with E-state index in [0.717, 1.165) is 10.7 Å². The van der Waals surface area contributed by atoms with Gasteiger partial charge in [-0.1, -0.05) is 25.4 Å². The Morgan fingerprint density at radius 3 is 2.60 bits per heavy atom. The molecule has 0 aliphatic rings. The number of benzene rings is 1. The van der Waals surface area contributed by atoms with Gasteiger partial charge in [-0.3, -0.25) is 4.79 Å². The van der Waals surface area contributed by atoms with Crippen LogP contribution in [0.4, 0.5) is 0 Å². The quantitative estimate of drug-likeness (QED) is 0.793. The molecule has 0 saturated heterocycles. The van der Waals surface area contributed by atoms with Crippen LogP contribution in [0.1, 0.15) is 34.2 Å². The Morgan fingerprint density at radius 2 is 2.00 bits per heavy atom. The van der Waals surface area contributed by atoms with E-state index >= 15 is 0 Å². The molecule has 0 bridgehead atoms. The summed E-state index contributed by atoms with van der Waals surface area (Å²) >= 11 is 7.23. The number of hydrogen-bond donors (Lipinski definition) is 1. The molecule has 1 aromatic carbocycles. The molecule has 0 spiro atoms. The van der Waals surface area contributed by atoms with Gasteiger partial charge in [0, 0.05) is 18.6 Å². The number of halogens is 1. The van der Waals surface area contributed by atoms with E-state index in [1.807, 2.05) is 20.8 Å². The predicted molar refractivity (Wildman–Crippen MR) is 102 cm³/mol. The predicted octanol–water partition coefficient (Wildman–Crippen LogP) is 3.74. The topological polar surface area (TPSA) is 68.5 Å². The molecule has 1 amide bonds. The molecule has 7 heteroatoms. The van der Waals surface area contributed by atoms with Gasteiger partial charge in [0.2, 0.25) is 0 Å². The van der Waals surface area contributed by atoms with Crippen LogP contribution in [0.5, 0.6) is 5.75 Å². The summed E-state index contributed by atoms with van der Waals surface area (Å²) in [6.45, 7) is 7.36. The lowest BCUT2D eigenvalue weighted by Crippen LogP contribution is -2.39. The monoisotopic (exact) mass is 381 g/mol. The van der Waals surface area contributed by atoms with Gasteiger partial charge in [-0.05, 0) is 43.1 Å². The zero-order chi connectivity index (χ0) is 18.6. The van der Waals surface area contributed by atoms with E-state index in [0.29, 0.717) is 35.3 Å². The van der Waals surface area contributed by atoms with Crippen molar-refractivity contribution in [2.24, 2.45) is 11.1 Å². The molecule has 2 aromatic rings. The van der Waals surface area contributed by atoms with Crippen LogP contribution >= 0.6 is 22.9 Å². The first-order valence-electron chi connectivity index (χ1n) is 8.02. The van der Waals surface area contributed by atoms with Crippen LogP contribution in [-0.4, -0.2) is 35.9 Å². The molecule has 5 nitrogen and oxygen atoms in total. The van der Waals surface area contributed by atoms with Gasteiger partial charge in [-0.2, -0.15) is 0 Å². The Morgan fingerprint density at radius 1 is 1.36 bits per heavy atom. The molecule has 0 saturated carbocycles. The molecule has 136 valence electrons. The minimum Gasteiger partial charge on any atom is -0.486 e. The number of hydrogen-bond acceptors (Lipinski definition) is 5. The number of carbonyl (C=O) groups excluding carboxylic acids is 1. The second kappa shape index (κ2) is 8.17. The fourth-order valence-electron chi connectivity index (χ4n) is 2.34. The molecular formula is C18H24ClN3O2S. The van der Waals surface area contributed by atoms with Crippen LogP contribution in [0.25, 0.3) is 0 Å². The lowest BCUT2D eigenvalue weighted by molar-refractivity contribution is 0.0744. The third-order valence-electron chi connectivity index (χ3n) is 3.78. The first-order valence-corrected chi connectivity index (χ1v) is 9.21. The molecule has 0 fully saturated rings. The van der Waals surface area contributed by atoms with Crippen LogP contribution < -0.4 is 10.5 Å². The smallest absolute Gasteiger partial charge is 0.265 e. The number of nitrogens with zero attached hydrogens (tertiary/aromatic N) is 2. The SMILES string of the molecule is Cc1nc(COc2ccc(Cl)cc2)sc1C(=O)N(C)CC(C)(C)CN. The molecule has 0 atom stereocenters. The van der Waals surface area contributed by atoms with Gasteiger partial charge < -0.3 is 15.4 Å². The van der Waals surface area contributed by atoms with E-state index in [9.17, 15) is 4.79 Å². The molecule has 0 aliphatic heterocycles. The van der Waals surface area contributed by atoms with Crippen molar-refractivity contribution in [3.05, 3.63) is 44.9 Å². The van der Waals surface area contributed by atoms with Gasteiger partial charge >= 0.3 is 0 Å². The molecule has 2 N–H and O–H groups in total. The van der Waals surface area contributed by atoms with Gasteiger partial charge in [-0.15, -0.1) is 11.3 Å². The number of ether oxygens (including phenoxy) is 1. The number of nitrogens with two attached hydrogens (primary N) is 1. The van der Waals surface area contributed by atoms with Crippen molar-refractivity contribution in [3.63, 3.8) is 0 Å². The van der Waals surface area contributed by atoms with Gasteiger partial charge in [-0.25, -0.2) is 4.98 Å². The number of thiazole rings is 1. The highest BCUT2D eigenvalue weighted by Crippen LogP contribution is 2.24. The fourth-order valence-corrected chi connectivity index (χ4v) is 3.44. The second-order valence-electron chi connectivity index (χ2n) is 6.79. The highest BCUT2D eigenvalue weighted by molar-refractivity contribution is 7.13. The lowest BCUT2D eigenvalue weighted by Gasteiger charge is -2.28. The molecule has 1 aromatic heterocycles. The normalized spacial score (nSPS) is 11.4. The van der Waals surface area contributed by atoms with Crippen molar-refractivity contribution < 1.29 is 9.53 Å². The number of aryl methyl sites for hydroxylation is 1. The van der Waals surface area contributed by atoms with Gasteiger partial charge in [0.25, 0.3) is 5.91 Å². The highest BCUT2D eigenvalue weighted by atomic mass is 35.5. The number of aromatic nitrogens is 1. The second-order valence-corrected chi connectivity index (χ2v) is 8.31. The van der Waals surface area contributed by atoms with E-state index in [1.54, 1.807) is 36.2 Å². The first kappa shape index (κ1) is 19.7. The van der Waals surface area contributed by atoms with E-state index in [2.05, 4.69) is 4.98 Å². The summed E-state index contributed by atoms with van der Waals surface area (Å²) in [5, 5.41) is 1.43. The standard InChI is InChI=1S/C18H24ClN3O2S/c1-12-16(17(23)22(4)11-18(2,3)10-20)25-15(21-12)9-24-14-7-5-13(19)6-8-14/h5-8H,9-11,20H2,1-4H3. The van der Waals surface area contributed by atoms with E-state index in [-0.39, 0.29) is 11.3 Å². The van der Waals surface area contributed by atoms with Crippen LogP contribution in [0.15, 0.2) is 24.3 Å². The van der Waals surface area contributed by atoms with Crippen LogP contribution in [0.2, 0.25) is 5.02 Å². The van der Waals surface area contributed by atoms with Crippen molar-refractivity contribution in [2.45, 2.75) is 27.4 Å². The molecule has 2 rings (SSSR count). The van der Waals surface area contributed by atoms with Crippen LogP contribution in [-0.2, 0) is 6.61 Å². The average Bonchev–Trinajstić information content (AvgIpc) is 2.94. The Bertz CT molecular complexity index is 728. The fraction of sp³-hybridized carbons (Fsp3) is 0.444. The number of carbonyl (C=O) groups is 1. The average molecular weight is 382 g/mol. The van der Waals surface area contributed by atoms with Crippen LogP contribution in [0.3, 0.4) is 0 Å². The summed E-state index contributed by atoms with van der Waals surface area (Å²) < 4.78 is 5.70. The summed E-state index contributed by atoms with van der Waals surface area (Å²) in [6, 6.07) is 7.15. The van der Waals surface area contributed by atoms with Crippen molar-refractivity contribution in [1.82, 2.24) is 9.88 Å². The largest absolute Gasteiger partial charge is 0.486 e. The summed E-state index contributed by atoms with van der Waals surface area (Å²) in [5.74, 6) is 0.682. The number of rotatable bonds is 7. The zero-order valence-corrected chi connectivity index (χ0v) is 16.6. The third-order valence-corrected chi connectivity index (χ3v) is 5.15. The van der Waals surface area contributed by atoms with Crippen molar-refractivity contribution >= 4 is 28.8 Å². The van der Waals surface area contributed by atoms with E-state index in [1.165, 1.54) is 11.3 Å². The minimum absolute atomic E-state index is 0.0331. The lowest BCUT2D eigenvalue weighted by atomic mass is 9.93. The van der Waals surface area contributed by atoms with Crippen molar-refractivity contribution in [2.75, 3.05) is 20.1 Å². The minimum atomic E-state index is -0.122. The summed E-state index contributed by atoms with van der Waals surface area (Å²) in [4.78, 5) is 19.5. The maximum atomic E-state index is 12.7. The molecule has 25 heavy (non-hydrogen) atoms. The zero-order valence-electron chi connectivity index (χ0n) is 15.0. The highest BCUT2D eigenvalue weighted by Gasteiger charge is 2.24. The third kappa shape index (κ3) is 5.42. The van der Waals surface area contributed by atoms with Crippen LogP contribution in [0, 0.1) is 12.3 Å². The van der Waals surface area contributed by atoms with Gasteiger partial charge in [0.1, 0.15) is 22.2 Å². The van der Waals surface area contributed by atoms with E-state index < -0.39 is 0 Å². The van der Waals surface area contributed by atoms with Gasteiger partial charge in [0.05, 0.1) is 5.69 Å². The van der Waals surface area contributed by atoms with E-state index in [4.69, 9.17) is 22.1 Å². The Kier molecular flexibility index (Phi) is 6.43. The summed E-state index contributed by atoms with van der Waals surface area (Å²) in [5.41, 5.74) is 6.36. The maximum absolute atomic E-state index is 12.7. The summed E-state index contributed by atoms with van der Waals surface area (Å²) in [6.07, 6.45) is 0. The Balaban J connectivity index is 2.03. The van der Waals surface area contributed by atoms with Gasteiger partial charge in [0.15, 0.2) is 0 Å². The van der Waals surface area contributed by atoms with Crippen molar-refractivity contribution in [1.29, 1.82) is 0 Å². The molecule has 0 unspecified atom stereocenters. The first-order chi connectivity index (χ1) is 11.7. The molecule has 0 radical (unpaired) electrons. The Labute approximate surface area is 157 Å². The summed E-state index contributed by atoms with van der Waals surface area (Å²) in [7, 11) is 1.79. The van der Waals surface area contributed by atoms with Crippen molar-refractivity contribution in [3.8, 4) is 5.75 Å². The molecule has 1 heterocycles. The number of amides is 1. The molecule has 0 aliphatic carbocycles. The Hall–Kier alpha value is -1.63. The molecular weight excluding hydrogens is 358 g/mol. The maximum Gasteiger partial charge on any atom is 0.265 e.